The lowest BCUT2D eigenvalue weighted by atomic mass is 10.4. The van der Waals surface area contributed by atoms with E-state index in [2.05, 4.69) is 31.0 Å². The number of aryl methyl sites for hydroxylation is 2. The standard InChI is InChI=1S/C6H10NS.C2F6NO4S2/c1-5-6(2)8-4-7(5)3;3-1(4,5)14(10,11)9-15(12,13)2(6,7)8/h4H,1-3H3;/q+1;-1. The molecule has 0 aromatic carbocycles. The summed E-state index contributed by atoms with van der Waals surface area (Å²) >= 11 is 1.79. The van der Waals surface area contributed by atoms with Gasteiger partial charge in [-0.2, -0.15) is 30.9 Å². The lowest BCUT2D eigenvalue weighted by molar-refractivity contribution is -0.672. The molecule has 1 aromatic heterocycles. The number of sulfonamides is 2. The van der Waals surface area contributed by atoms with Gasteiger partial charge in [0.2, 0.25) is 5.51 Å². The minimum absolute atomic E-state index is 0.778. The van der Waals surface area contributed by atoms with Gasteiger partial charge in [0.25, 0.3) is 0 Å². The number of rotatable bonds is 2. The highest BCUT2D eigenvalue weighted by Crippen LogP contribution is 2.36. The first-order chi connectivity index (χ1) is 9.92. The predicted molar refractivity (Wildman–Crippen MR) is 68.3 cm³/mol. The molecule has 0 radical (unpaired) electrons. The van der Waals surface area contributed by atoms with Crippen LogP contribution >= 0.6 is 11.3 Å². The lowest BCUT2D eigenvalue weighted by Gasteiger charge is -2.22. The molecule has 23 heavy (non-hydrogen) atoms. The van der Waals surface area contributed by atoms with Crippen molar-refractivity contribution in [3.05, 3.63) is 20.2 Å². The topological polar surface area (TPSA) is 86.3 Å². The van der Waals surface area contributed by atoms with Gasteiger partial charge < -0.3 is 4.13 Å². The molecule has 0 saturated carbocycles. The quantitative estimate of drug-likeness (QED) is 0.555. The monoisotopic (exact) mass is 408 g/mol. The van der Waals surface area contributed by atoms with Crippen LogP contribution in [0.25, 0.3) is 4.13 Å². The average molecular weight is 408 g/mol. The third-order valence-electron chi connectivity index (χ3n) is 2.21. The molecule has 0 fully saturated rings. The highest BCUT2D eigenvalue weighted by atomic mass is 32.3. The van der Waals surface area contributed by atoms with E-state index < -0.39 is 31.1 Å². The maximum Gasteiger partial charge on any atom is 0.480 e. The van der Waals surface area contributed by atoms with Gasteiger partial charge >= 0.3 is 11.0 Å². The Morgan fingerprint density at radius 1 is 0.957 bits per heavy atom. The highest BCUT2D eigenvalue weighted by Gasteiger charge is 2.46. The first kappa shape index (κ1) is 22.1. The zero-order valence-electron chi connectivity index (χ0n) is 11.6. The molecule has 0 spiro atoms. The van der Waals surface area contributed by atoms with Crippen molar-refractivity contribution in [3.63, 3.8) is 0 Å². The summed E-state index contributed by atoms with van der Waals surface area (Å²) in [7, 11) is -11.4. The van der Waals surface area contributed by atoms with Gasteiger partial charge in [0.1, 0.15) is 7.05 Å². The van der Waals surface area contributed by atoms with Gasteiger partial charge in [0.15, 0.2) is 25.7 Å². The van der Waals surface area contributed by atoms with Crippen molar-refractivity contribution in [2.45, 2.75) is 24.9 Å². The fourth-order valence-corrected chi connectivity index (χ4v) is 3.28. The Kier molecular flexibility index (Phi) is 6.62. The molecule has 0 aliphatic rings. The largest absolute Gasteiger partial charge is 0.480 e. The first-order valence-corrected chi connectivity index (χ1v) is 8.95. The van der Waals surface area contributed by atoms with E-state index >= 15 is 0 Å². The summed E-state index contributed by atoms with van der Waals surface area (Å²) in [5, 5.41) is 0. The fourth-order valence-electron chi connectivity index (χ4n) is 0.784. The van der Waals surface area contributed by atoms with Crippen molar-refractivity contribution in [2.24, 2.45) is 7.05 Å². The zero-order chi connectivity index (χ0) is 18.9. The van der Waals surface area contributed by atoms with E-state index in [1.165, 1.54) is 10.6 Å². The number of halogens is 6. The maximum absolute atomic E-state index is 11.4. The molecule has 0 aliphatic heterocycles. The number of nitrogens with zero attached hydrogens (tertiary/aromatic N) is 2. The van der Waals surface area contributed by atoms with E-state index in [-0.39, 0.29) is 0 Å². The van der Waals surface area contributed by atoms with Crippen molar-refractivity contribution in [1.29, 1.82) is 0 Å². The van der Waals surface area contributed by atoms with Crippen LogP contribution < -0.4 is 4.57 Å². The minimum Gasteiger partial charge on any atom is -0.421 e. The Hall–Kier alpha value is -0.930. The summed E-state index contributed by atoms with van der Waals surface area (Å²) in [6.07, 6.45) is 0. The van der Waals surface area contributed by atoms with E-state index in [1.807, 2.05) is 0 Å². The van der Waals surface area contributed by atoms with E-state index in [0.29, 0.717) is 0 Å². The summed E-state index contributed by atoms with van der Waals surface area (Å²) in [4.78, 5) is 1.41. The molecular weight excluding hydrogens is 398 g/mol. The van der Waals surface area contributed by atoms with Crippen molar-refractivity contribution < 1.29 is 47.7 Å². The SMILES string of the molecule is Cc1sc[n+](C)c1C.O=S(=O)([N-]S(=O)(=O)C(F)(F)F)C(F)(F)F. The number of hydrogen-bond donors (Lipinski definition) is 0. The van der Waals surface area contributed by atoms with Crippen LogP contribution in [0.15, 0.2) is 5.51 Å². The van der Waals surface area contributed by atoms with E-state index in [0.717, 1.165) is 4.13 Å². The van der Waals surface area contributed by atoms with Crippen LogP contribution in [-0.2, 0) is 27.1 Å². The summed E-state index contributed by atoms with van der Waals surface area (Å²) in [6.45, 7) is 4.27. The third-order valence-corrected chi connectivity index (χ3v) is 6.02. The van der Waals surface area contributed by atoms with Gasteiger partial charge in [-0.05, 0) is 6.92 Å². The molecule has 1 rings (SSSR count). The molecule has 1 heterocycles. The zero-order valence-corrected chi connectivity index (χ0v) is 14.0. The number of alkyl halides is 6. The molecule has 0 saturated heterocycles. The van der Waals surface area contributed by atoms with E-state index in [9.17, 15) is 43.2 Å². The van der Waals surface area contributed by atoms with Gasteiger partial charge in [-0.25, -0.2) is 16.8 Å². The predicted octanol–water partition coefficient (Wildman–Crippen LogP) is 2.25. The highest BCUT2D eigenvalue weighted by molar-refractivity contribution is 8.13. The Morgan fingerprint density at radius 2 is 1.30 bits per heavy atom. The summed E-state index contributed by atoms with van der Waals surface area (Å²) in [5.74, 6) is 0. The van der Waals surface area contributed by atoms with Gasteiger partial charge in [-0.1, -0.05) is 11.3 Å². The molecule has 0 bridgehead atoms. The Morgan fingerprint density at radius 3 is 1.43 bits per heavy atom. The molecule has 0 aliphatic carbocycles. The summed E-state index contributed by atoms with van der Waals surface area (Å²) in [6, 6.07) is 0. The van der Waals surface area contributed by atoms with Crippen LogP contribution in [0.5, 0.6) is 0 Å². The normalized spacial score (nSPS) is 13.4. The smallest absolute Gasteiger partial charge is 0.421 e. The first-order valence-electron chi connectivity index (χ1n) is 5.19. The van der Waals surface area contributed by atoms with Gasteiger partial charge in [-0.3, -0.25) is 0 Å². The number of hydrogen-bond acceptors (Lipinski definition) is 5. The van der Waals surface area contributed by atoms with Crippen LogP contribution in [0.1, 0.15) is 10.6 Å². The van der Waals surface area contributed by atoms with Crippen molar-refractivity contribution >= 4 is 31.4 Å². The van der Waals surface area contributed by atoms with Crippen LogP contribution in [0.3, 0.4) is 0 Å². The van der Waals surface area contributed by atoms with Crippen molar-refractivity contribution in [2.75, 3.05) is 0 Å². The van der Waals surface area contributed by atoms with E-state index in [1.54, 1.807) is 11.3 Å². The molecule has 15 heteroatoms. The van der Waals surface area contributed by atoms with Crippen molar-refractivity contribution in [1.82, 2.24) is 0 Å². The summed E-state index contributed by atoms with van der Waals surface area (Å²) < 4.78 is 111. The average Bonchev–Trinajstić information content (AvgIpc) is 2.57. The Bertz CT molecular complexity index is 686. The van der Waals surface area contributed by atoms with Gasteiger partial charge in [-0.15, -0.1) is 0 Å². The molecule has 0 amide bonds. The second-order valence-corrected chi connectivity index (χ2v) is 8.37. The van der Waals surface area contributed by atoms with Gasteiger partial charge in [0, 0.05) is 6.92 Å². The third kappa shape index (κ3) is 5.89. The lowest BCUT2D eigenvalue weighted by Crippen LogP contribution is -2.30. The fraction of sp³-hybridized carbons (Fsp3) is 0.625. The second kappa shape index (κ2) is 6.90. The number of thiazole rings is 1. The van der Waals surface area contributed by atoms with E-state index in [4.69, 9.17) is 0 Å². The van der Waals surface area contributed by atoms with Crippen LogP contribution in [0, 0.1) is 13.8 Å². The van der Waals surface area contributed by atoms with Crippen LogP contribution in [0.4, 0.5) is 26.3 Å². The molecule has 1 aromatic rings. The molecular formula is C8H10F6N2O4S3. The number of aromatic nitrogens is 1. The Labute approximate surface area is 131 Å². The molecule has 0 unspecified atom stereocenters. The second-order valence-electron chi connectivity index (χ2n) is 3.89. The molecule has 136 valence electrons. The van der Waals surface area contributed by atoms with Crippen LogP contribution in [0.2, 0.25) is 0 Å². The van der Waals surface area contributed by atoms with Gasteiger partial charge in [0.05, 0.1) is 4.88 Å². The van der Waals surface area contributed by atoms with Crippen LogP contribution in [-0.4, -0.2) is 27.9 Å². The Balaban J connectivity index is 0.000000502. The minimum atomic E-state index is -6.72. The maximum atomic E-state index is 11.4. The molecule has 0 atom stereocenters. The molecule has 0 N–H and O–H groups in total. The summed E-state index contributed by atoms with van der Waals surface area (Å²) in [5.41, 5.74) is -8.92. The van der Waals surface area contributed by atoms with Crippen molar-refractivity contribution in [3.8, 4) is 0 Å². The molecule has 6 nitrogen and oxygen atoms in total.